The third-order valence-corrected chi connectivity index (χ3v) is 2.42. The number of carbonyl (C=O) groups excluding carboxylic acids is 1. The SMILES string of the molecule is CCC(CN)NC(=O)Cc1cccc(O)c1. The number of nitrogens with one attached hydrogen (secondary N) is 1. The minimum absolute atomic E-state index is 0.0322. The highest BCUT2D eigenvalue weighted by molar-refractivity contribution is 5.78. The van der Waals surface area contributed by atoms with Crippen molar-refractivity contribution in [1.29, 1.82) is 0 Å². The molecule has 0 aliphatic heterocycles. The molecule has 0 fully saturated rings. The fourth-order valence-electron chi connectivity index (χ4n) is 1.46. The molecule has 4 nitrogen and oxygen atoms in total. The van der Waals surface area contributed by atoms with Crippen LogP contribution in [0.2, 0.25) is 0 Å². The van der Waals surface area contributed by atoms with E-state index in [1.165, 1.54) is 0 Å². The van der Waals surface area contributed by atoms with Crippen LogP contribution in [0.1, 0.15) is 18.9 Å². The molecule has 0 bridgehead atoms. The zero-order valence-corrected chi connectivity index (χ0v) is 9.44. The maximum atomic E-state index is 11.6. The summed E-state index contributed by atoms with van der Waals surface area (Å²) in [4.78, 5) is 11.6. The van der Waals surface area contributed by atoms with E-state index in [4.69, 9.17) is 5.73 Å². The molecule has 4 N–H and O–H groups in total. The summed E-state index contributed by atoms with van der Waals surface area (Å²) in [5, 5.41) is 12.1. The smallest absolute Gasteiger partial charge is 0.224 e. The second-order valence-corrected chi connectivity index (χ2v) is 3.76. The predicted molar refractivity (Wildman–Crippen MR) is 63.1 cm³/mol. The van der Waals surface area contributed by atoms with Crippen molar-refractivity contribution in [3.63, 3.8) is 0 Å². The summed E-state index contributed by atoms with van der Waals surface area (Å²) in [7, 11) is 0. The summed E-state index contributed by atoms with van der Waals surface area (Å²) < 4.78 is 0. The maximum absolute atomic E-state index is 11.6. The van der Waals surface area contributed by atoms with Gasteiger partial charge in [-0.15, -0.1) is 0 Å². The summed E-state index contributed by atoms with van der Waals surface area (Å²) in [6, 6.07) is 6.73. The van der Waals surface area contributed by atoms with Crippen LogP contribution >= 0.6 is 0 Å². The van der Waals surface area contributed by atoms with Crippen LogP contribution in [0.15, 0.2) is 24.3 Å². The van der Waals surface area contributed by atoms with Crippen molar-refractivity contribution in [2.45, 2.75) is 25.8 Å². The molecule has 0 spiro atoms. The zero-order chi connectivity index (χ0) is 12.0. The molecule has 0 aliphatic rings. The molecule has 0 heterocycles. The molecule has 1 aromatic carbocycles. The van der Waals surface area contributed by atoms with Gasteiger partial charge >= 0.3 is 0 Å². The summed E-state index contributed by atoms with van der Waals surface area (Å²) in [6.45, 7) is 2.43. The van der Waals surface area contributed by atoms with Gasteiger partial charge in [0.1, 0.15) is 5.75 Å². The van der Waals surface area contributed by atoms with Gasteiger partial charge in [0.15, 0.2) is 0 Å². The molecule has 1 rings (SSSR count). The number of phenols is 1. The average Bonchev–Trinajstić information content (AvgIpc) is 2.26. The third kappa shape index (κ3) is 3.90. The fraction of sp³-hybridized carbons (Fsp3) is 0.417. The Morgan fingerprint density at radius 2 is 2.31 bits per heavy atom. The van der Waals surface area contributed by atoms with Crippen LogP contribution in [0.25, 0.3) is 0 Å². The molecule has 1 atom stereocenters. The van der Waals surface area contributed by atoms with Crippen LogP contribution in [-0.2, 0) is 11.2 Å². The fourth-order valence-corrected chi connectivity index (χ4v) is 1.46. The van der Waals surface area contributed by atoms with Crippen LogP contribution in [0.5, 0.6) is 5.75 Å². The van der Waals surface area contributed by atoms with Crippen LogP contribution in [-0.4, -0.2) is 23.6 Å². The second-order valence-electron chi connectivity index (χ2n) is 3.76. The van der Waals surface area contributed by atoms with E-state index in [9.17, 15) is 9.90 Å². The molecule has 0 aromatic heterocycles. The number of nitrogens with two attached hydrogens (primary N) is 1. The number of carbonyl (C=O) groups is 1. The zero-order valence-electron chi connectivity index (χ0n) is 9.44. The predicted octanol–water partition coefficient (Wildman–Crippen LogP) is 0.788. The Morgan fingerprint density at radius 3 is 2.88 bits per heavy atom. The molecule has 1 aromatic rings. The van der Waals surface area contributed by atoms with E-state index in [0.29, 0.717) is 6.54 Å². The maximum Gasteiger partial charge on any atom is 0.224 e. The molecule has 4 heteroatoms. The van der Waals surface area contributed by atoms with E-state index in [1.54, 1.807) is 18.2 Å². The van der Waals surface area contributed by atoms with Crippen molar-refractivity contribution in [2.75, 3.05) is 6.54 Å². The minimum Gasteiger partial charge on any atom is -0.508 e. The van der Waals surface area contributed by atoms with Crippen molar-refractivity contribution in [1.82, 2.24) is 5.32 Å². The second kappa shape index (κ2) is 6.12. The van der Waals surface area contributed by atoms with Crippen molar-refractivity contribution < 1.29 is 9.90 Å². The van der Waals surface area contributed by atoms with Gasteiger partial charge < -0.3 is 16.2 Å². The van der Waals surface area contributed by atoms with Gasteiger partial charge in [0.05, 0.1) is 6.42 Å². The Morgan fingerprint density at radius 1 is 1.56 bits per heavy atom. The molecule has 1 amide bonds. The minimum atomic E-state index is -0.0668. The number of rotatable bonds is 5. The van der Waals surface area contributed by atoms with Crippen molar-refractivity contribution >= 4 is 5.91 Å². The van der Waals surface area contributed by atoms with Crippen molar-refractivity contribution in [2.24, 2.45) is 5.73 Å². The highest BCUT2D eigenvalue weighted by atomic mass is 16.3. The normalized spacial score (nSPS) is 12.1. The highest BCUT2D eigenvalue weighted by Crippen LogP contribution is 2.11. The van der Waals surface area contributed by atoms with Gasteiger partial charge in [-0.05, 0) is 24.1 Å². The lowest BCUT2D eigenvalue weighted by Gasteiger charge is -2.14. The van der Waals surface area contributed by atoms with Crippen LogP contribution < -0.4 is 11.1 Å². The largest absolute Gasteiger partial charge is 0.508 e. The van der Waals surface area contributed by atoms with Crippen LogP contribution in [0.4, 0.5) is 0 Å². The van der Waals surface area contributed by atoms with Crippen LogP contribution in [0, 0.1) is 0 Å². The molecular formula is C12H18N2O2. The standard InChI is InChI=1S/C12H18N2O2/c1-2-10(8-13)14-12(16)7-9-4-3-5-11(15)6-9/h3-6,10,15H,2,7-8,13H2,1H3,(H,14,16). The first kappa shape index (κ1) is 12.5. The van der Waals surface area contributed by atoms with E-state index in [-0.39, 0.29) is 24.1 Å². The number of aromatic hydroxyl groups is 1. The van der Waals surface area contributed by atoms with Gasteiger partial charge in [0.2, 0.25) is 5.91 Å². The van der Waals surface area contributed by atoms with E-state index in [1.807, 2.05) is 13.0 Å². The van der Waals surface area contributed by atoms with Crippen molar-refractivity contribution in [3.05, 3.63) is 29.8 Å². The molecule has 0 aliphatic carbocycles. The summed E-state index contributed by atoms with van der Waals surface area (Å²) >= 11 is 0. The molecule has 0 saturated carbocycles. The summed E-state index contributed by atoms with van der Waals surface area (Å²) in [5.74, 6) is 0.110. The van der Waals surface area contributed by atoms with E-state index < -0.39 is 0 Å². The Bertz CT molecular complexity index is 349. The van der Waals surface area contributed by atoms with Gasteiger partial charge in [-0.3, -0.25) is 4.79 Å². The Hall–Kier alpha value is -1.55. The monoisotopic (exact) mass is 222 g/mol. The molecule has 88 valence electrons. The molecule has 1 unspecified atom stereocenters. The summed E-state index contributed by atoms with van der Waals surface area (Å²) in [6.07, 6.45) is 1.09. The number of amides is 1. The van der Waals surface area contributed by atoms with E-state index in [0.717, 1.165) is 12.0 Å². The topological polar surface area (TPSA) is 75.3 Å². The number of hydrogen-bond donors (Lipinski definition) is 3. The van der Waals surface area contributed by atoms with Crippen molar-refractivity contribution in [3.8, 4) is 5.75 Å². The Labute approximate surface area is 95.5 Å². The lowest BCUT2D eigenvalue weighted by Crippen LogP contribution is -2.40. The van der Waals surface area contributed by atoms with Gasteiger partial charge in [-0.1, -0.05) is 19.1 Å². The summed E-state index contributed by atoms with van der Waals surface area (Å²) in [5.41, 5.74) is 6.29. The lowest BCUT2D eigenvalue weighted by atomic mass is 10.1. The number of phenolic OH excluding ortho intramolecular Hbond substituents is 1. The van der Waals surface area contributed by atoms with Gasteiger partial charge in [-0.2, -0.15) is 0 Å². The Kier molecular flexibility index (Phi) is 4.79. The first-order valence-electron chi connectivity index (χ1n) is 5.43. The first-order chi connectivity index (χ1) is 7.65. The highest BCUT2D eigenvalue weighted by Gasteiger charge is 2.09. The average molecular weight is 222 g/mol. The lowest BCUT2D eigenvalue weighted by molar-refractivity contribution is -0.121. The number of hydrogen-bond acceptors (Lipinski definition) is 3. The molecule has 0 saturated heterocycles. The molecule has 16 heavy (non-hydrogen) atoms. The van der Waals surface area contributed by atoms with Gasteiger partial charge in [0.25, 0.3) is 0 Å². The van der Waals surface area contributed by atoms with Crippen LogP contribution in [0.3, 0.4) is 0 Å². The third-order valence-electron chi connectivity index (χ3n) is 2.42. The van der Waals surface area contributed by atoms with Gasteiger partial charge in [-0.25, -0.2) is 0 Å². The quantitative estimate of drug-likeness (QED) is 0.689. The number of benzene rings is 1. The molecule has 0 radical (unpaired) electrons. The van der Waals surface area contributed by atoms with Gasteiger partial charge in [0, 0.05) is 12.6 Å². The molecular weight excluding hydrogens is 204 g/mol. The Balaban J connectivity index is 2.51. The van der Waals surface area contributed by atoms with E-state index >= 15 is 0 Å². The van der Waals surface area contributed by atoms with E-state index in [2.05, 4.69) is 5.32 Å². The first-order valence-corrected chi connectivity index (χ1v) is 5.43.